The second kappa shape index (κ2) is 5.04. The molecule has 0 spiro atoms. The Balaban J connectivity index is 1.41. The van der Waals surface area contributed by atoms with Crippen molar-refractivity contribution in [1.82, 2.24) is 5.32 Å². The molecule has 7 unspecified atom stereocenters. The third-order valence-electron chi connectivity index (χ3n) is 6.84. The van der Waals surface area contributed by atoms with Crippen LogP contribution in [0.25, 0.3) is 0 Å². The summed E-state index contributed by atoms with van der Waals surface area (Å²) in [6.45, 7) is 0. The van der Waals surface area contributed by atoms with Gasteiger partial charge in [-0.3, -0.25) is 0 Å². The van der Waals surface area contributed by atoms with Gasteiger partial charge in [0.2, 0.25) is 0 Å². The van der Waals surface area contributed by atoms with Crippen molar-refractivity contribution in [3.63, 3.8) is 0 Å². The van der Waals surface area contributed by atoms with Crippen LogP contribution in [-0.2, 0) is 0 Å². The van der Waals surface area contributed by atoms with Gasteiger partial charge in [0, 0.05) is 12.1 Å². The molecule has 2 N–H and O–H groups in total. The third kappa shape index (κ3) is 2.15. The number of hydrogen-bond donors (Lipinski definition) is 2. The quantitative estimate of drug-likeness (QED) is 0.750. The normalized spacial score (nSPS) is 53.2. The van der Waals surface area contributed by atoms with Crippen LogP contribution >= 0.6 is 0 Å². The molecule has 108 valence electrons. The third-order valence-corrected chi connectivity index (χ3v) is 6.84. The van der Waals surface area contributed by atoms with E-state index in [1.807, 2.05) is 0 Å². The summed E-state index contributed by atoms with van der Waals surface area (Å²) in [6, 6.07) is 1.13. The summed E-state index contributed by atoms with van der Waals surface area (Å²) in [5.41, 5.74) is 0. The molecule has 0 radical (unpaired) electrons. The zero-order valence-electron chi connectivity index (χ0n) is 12.1. The van der Waals surface area contributed by atoms with Gasteiger partial charge in [-0.1, -0.05) is 25.7 Å². The highest BCUT2D eigenvalue weighted by atomic mass is 16.3. The number of nitrogens with one attached hydrogen (secondary N) is 1. The highest BCUT2D eigenvalue weighted by molar-refractivity contribution is 5.06. The van der Waals surface area contributed by atoms with Crippen LogP contribution in [0.5, 0.6) is 0 Å². The van der Waals surface area contributed by atoms with Crippen LogP contribution in [0.1, 0.15) is 64.2 Å². The fourth-order valence-electron chi connectivity index (χ4n) is 6.02. The van der Waals surface area contributed by atoms with Crippen LogP contribution in [0.15, 0.2) is 0 Å². The lowest BCUT2D eigenvalue weighted by atomic mass is 9.78. The van der Waals surface area contributed by atoms with Crippen molar-refractivity contribution in [2.45, 2.75) is 82.4 Å². The van der Waals surface area contributed by atoms with Gasteiger partial charge in [0.25, 0.3) is 0 Å². The lowest BCUT2D eigenvalue weighted by Crippen LogP contribution is -2.49. The average molecular weight is 263 g/mol. The molecule has 4 aliphatic rings. The zero-order valence-corrected chi connectivity index (χ0v) is 12.1. The maximum Gasteiger partial charge on any atom is 0.0693 e. The van der Waals surface area contributed by atoms with Gasteiger partial charge in [0.1, 0.15) is 0 Å². The van der Waals surface area contributed by atoms with Crippen molar-refractivity contribution in [3.05, 3.63) is 0 Å². The van der Waals surface area contributed by atoms with E-state index in [2.05, 4.69) is 5.32 Å². The molecular formula is C17H29NO. The summed E-state index contributed by atoms with van der Waals surface area (Å²) >= 11 is 0. The Bertz CT molecular complexity index is 331. The molecule has 4 fully saturated rings. The number of rotatable bonds is 2. The van der Waals surface area contributed by atoms with Gasteiger partial charge in [-0.05, 0) is 62.2 Å². The van der Waals surface area contributed by atoms with E-state index >= 15 is 0 Å². The Morgan fingerprint density at radius 2 is 1.53 bits per heavy atom. The van der Waals surface area contributed by atoms with Crippen molar-refractivity contribution >= 4 is 0 Å². The summed E-state index contributed by atoms with van der Waals surface area (Å²) in [4.78, 5) is 0. The number of aliphatic hydroxyl groups excluding tert-OH is 1. The average Bonchev–Trinajstić information content (AvgIpc) is 3.05. The molecule has 19 heavy (non-hydrogen) atoms. The van der Waals surface area contributed by atoms with Crippen LogP contribution in [0.2, 0.25) is 0 Å². The summed E-state index contributed by atoms with van der Waals surface area (Å²) in [6.07, 6.45) is 13.4. The van der Waals surface area contributed by atoms with E-state index in [0.717, 1.165) is 36.1 Å². The zero-order chi connectivity index (χ0) is 12.8. The standard InChI is InChI=1S/C17H29NO/c19-17-8-3-1-2-7-15(17)18-16-10-11-9-14(16)13-6-4-5-12(11)13/h11-19H,1-10H2. The van der Waals surface area contributed by atoms with Crippen LogP contribution in [0.3, 0.4) is 0 Å². The molecule has 2 heteroatoms. The summed E-state index contributed by atoms with van der Waals surface area (Å²) < 4.78 is 0. The molecule has 0 aliphatic heterocycles. The first-order valence-corrected chi connectivity index (χ1v) is 8.77. The van der Waals surface area contributed by atoms with Crippen molar-refractivity contribution in [1.29, 1.82) is 0 Å². The maximum absolute atomic E-state index is 10.3. The smallest absolute Gasteiger partial charge is 0.0693 e. The van der Waals surface area contributed by atoms with Gasteiger partial charge >= 0.3 is 0 Å². The van der Waals surface area contributed by atoms with E-state index in [-0.39, 0.29) is 6.10 Å². The predicted octanol–water partition coefficient (Wildman–Crippen LogP) is 3.09. The fraction of sp³-hybridized carbons (Fsp3) is 1.00. The summed E-state index contributed by atoms with van der Waals surface area (Å²) in [7, 11) is 0. The van der Waals surface area contributed by atoms with E-state index in [0.29, 0.717) is 6.04 Å². The fourth-order valence-corrected chi connectivity index (χ4v) is 6.02. The Hall–Kier alpha value is -0.0800. The monoisotopic (exact) mass is 263 g/mol. The molecule has 0 amide bonds. The van der Waals surface area contributed by atoms with E-state index < -0.39 is 0 Å². The largest absolute Gasteiger partial charge is 0.392 e. The van der Waals surface area contributed by atoms with Gasteiger partial charge in [0.15, 0.2) is 0 Å². The Morgan fingerprint density at radius 3 is 2.47 bits per heavy atom. The van der Waals surface area contributed by atoms with Gasteiger partial charge in [-0.25, -0.2) is 0 Å². The molecule has 4 rings (SSSR count). The van der Waals surface area contributed by atoms with E-state index in [1.54, 1.807) is 0 Å². The van der Waals surface area contributed by atoms with Crippen LogP contribution in [0.4, 0.5) is 0 Å². The van der Waals surface area contributed by atoms with Crippen molar-refractivity contribution < 1.29 is 5.11 Å². The molecule has 0 aromatic carbocycles. The Kier molecular flexibility index (Phi) is 3.35. The molecule has 4 aliphatic carbocycles. The highest BCUT2D eigenvalue weighted by Gasteiger charge is 2.54. The lowest BCUT2D eigenvalue weighted by molar-refractivity contribution is 0.0982. The molecule has 0 aromatic heterocycles. The molecule has 7 atom stereocenters. The Labute approximate surface area is 117 Å². The lowest BCUT2D eigenvalue weighted by Gasteiger charge is -2.35. The second-order valence-electron chi connectivity index (χ2n) is 7.74. The van der Waals surface area contributed by atoms with Gasteiger partial charge in [0.05, 0.1) is 6.10 Å². The van der Waals surface area contributed by atoms with Crippen molar-refractivity contribution in [3.8, 4) is 0 Å². The molecule has 0 heterocycles. The van der Waals surface area contributed by atoms with Crippen LogP contribution < -0.4 is 5.32 Å². The van der Waals surface area contributed by atoms with E-state index in [4.69, 9.17) is 0 Å². The van der Waals surface area contributed by atoms with Gasteiger partial charge < -0.3 is 10.4 Å². The number of aliphatic hydroxyl groups is 1. The molecule has 4 saturated carbocycles. The molecule has 0 saturated heterocycles. The van der Waals surface area contributed by atoms with Crippen molar-refractivity contribution in [2.75, 3.05) is 0 Å². The number of fused-ring (bicyclic) bond motifs is 5. The first kappa shape index (κ1) is 12.6. The SMILES string of the molecule is OC1CCCCCC1NC1CC2CC1C1CCCC21. The summed E-state index contributed by atoms with van der Waals surface area (Å²) in [5.74, 6) is 4.10. The highest BCUT2D eigenvalue weighted by Crippen LogP contribution is 2.58. The minimum atomic E-state index is -0.0824. The molecule has 2 bridgehead atoms. The van der Waals surface area contributed by atoms with Crippen LogP contribution in [-0.4, -0.2) is 23.3 Å². The second-order valence-corrected chi connectivity index (χ2v) is 7.74. The molecular weight excluding hydrogens is 234 g/mol. The molecule has 0 aromatic rings. The minimum Gasteiger partial charge on any atom is -0.392 e. The van der Waals surface area contributed by atoms with Gasteiger partial charge in [-0.2, -0.15) is 0 Å². The first-order chi connectivity index (χ1) is 9.33. The minimum absolute atomic E-state index is 0.0824. The van der Waals surface area contributed by atoms with Crippen molar-refractivity contribution in [2.24, 2.45) is 23.7 Å². The van der Waals surface area contributed by atoms with Crippen LogP contribution in [0, 0.1) is 23.7 Å². The number of hydrogen-bond acceptors (Lipinski definition) is 2. The van der Waals surface area contributed by atoms with E-state index in [1.165, 1.54) is 57.8 Å². The van der Waals surface area contributed by atoms with Gasteiger partial charge in [-0.15, -0.1) is 0 Å². The first-order valence-electron chi connectivity index (χ1n) is 8.77. The summed E-state index contributed by atoms with van der Waals surface area (Å²) in [5, 5.41) is 14.2. The Morgan fingerprint density at radius 1 is 0.684 bits per heavy atom. The van der Waals surface area contributed by atoms with E-state index in [9.17, 15) is 5.11 Å². The predicted molar refractivity (Wildman–Crippen MR) is 76.8 cm³/mol. The molecule has 2 nitrogen and oxygen atoms in total. The maximum atomic E-state index is 10.3. The topological polar surface area (TPSA) is 32.3 Å².